The summed E-state index contributed by atoms with van der Waals surface area (Å²) in [4.78, 5) is 1.45. The number of piperidine rings is 1. The van der Waals surface area contributed by atoms with Gasteiger partial charge in [0.05, 0.1) is 5.56 Å². The van der Waals surface area contributed by atoms with Crippen molar-refractivity contribution in [3.05, 3.63) is 35.4 Å². The maximum atomic E-state index is 12.7. The van der Waals surface area contributed by atoms with Crippen LogP contribution in [0.4, 0.5) is 26.3 Å². The molecular formula is C15H17F6NO. The van der Waals surface area contributed by atoms with Crippen LogP contribution in [-0.4, -0.2) is 41.9 Å². The Morgan fingerprint density at radius 1 is 1.17 bits per heavy atom. The number of nitrogens with zero attached hydrogens (tertiary/aromatic N) is 1. The normalized spacial score (nSPS) is 22.1. The zero-order chi connectivity index (χ0) is 17.3. The second kappa shape index (κ2) is 6.68. The van der Waals surface area contributed by atoms with E-state index < -0.39 is 30.6 Å². The Morgan fingerprint density at radius 3 is 2.48 bits per heavy atom. The van der Waals surface area contributed by atoms with Crippen molar-refractivity contribution in [1.29, 1.82) is 0 Å². The number of alkyl halides is 6. The van der Waals surface area contributed by atoms with Gasteiger partial charge in [-0.2, -0.15) is 26.3 Å². The molecule has 23 heavy (non-hydrogen) atoms. The molecule has 0 spiro atoms. The summed E-state index contributed by atoms with van der Waals surface area (Å²) < 4.78 is 75.5. The molecule has 8 heteroatoms. The van der Waals surface area contributed by atoms with Gasteiger partial charge in [-0.3, -0.25) is 4.90 Å². The molecule has 1 aliphatic heterocycles. The third kappa shape index (κ3) is 4.84. The van der Waals surface area contributed by atoms with Gasteiger partial charge in [-0.25, -0.2) is 0 Å². The predicted molar refractivity (Wildman–Crippen MR) is 71.9 cm³/mol. The number of benzene rings is 1. The van der Waals surface area contributed by atoms with Crippen LogP contribution in [0.25, 0.3) is 0 Å². The highest BCUT2D eigenvalue weighted by molar-refractivity contribution is 5.28. The summed E-state index contributed by atoms with van der Waals surface area (Å²) in [5.74, 6) is -0.272. The quantitative estimate of drug-likeness (QED) is 0.845. The molecule has 130 valence electrons. The van der Waals surface area contributed by atoms with Gasteiger partial charge in [0, 0.05) is 13.1 Å². The number of likely N-dealkylation sites (tertiary alicyclic amines) is 1. The Bertz CT molecular complexity index is 527. The second-order valence-corrected chi connectivity index (χ2v) is 5.78. The lowest BCUT2D eigenvalue weighted by Gasteiger charge is -2.34. The molecule has 1 heterocycles. The zero-order valence-corrected chi connectivity index (χ0v) is 12.2. The van der Waals surface area contributed by atoms with E-state index in [2.05, 4.69) is 0 Å². The van der Waals surface area contributed by atoms with Crippen molar-refractivity contribution in [2.75, 3.05) is 19.6 Å². The summed E-state index contributed by atoms with van der Waals surface area (Å²) in [6, 6.07) is 4.89. The van der Waals surface area contributed by atoms with Crippen LogP contribution in [0.2, 0.25) is 0 Å². The van der Waals surface area contributed by atoms with Gasteiger partial charge in [0.25, 0.3) is 0 Å². The third-order valence-corrected chi connectivity index (χ3v) is 4.00. The average Bonchev–Trinajstić information content (AvgIpc) is 2.46. The number of hydrogen-bond donors (Lipinski definition) is 1. The van der Waals surface area contributed by atoms with Gasteiger partial charge in [0.15, 0.2) is 6.10 Å². The first-order valence-electron chi connectivity index (χ1n) is 7.21. The van der Waals surface area contributed by atoms with E-state index in [1.807, 2.05) is 0 Å². The largest absolute Gasteiger partial charge is 0.416 e. The first kappa shape index (κ1) is 18.1. The van der Waals surface area contributed by atoms with E-state index in [1.54, 1.807) is 6.07 Å². The van der Waals surface area contributed by atoms with E-state index in [-0.39, 0.29) is 12.5 Å². The van der Waals surface area contributed by atoms with E-state index in [4.69, 9.17) is 5.11 Å². The number of aliphatic hydroxyl groups is 1. The third-order valence-electron chi connectivity index (χ3n) is 4.00. The Balaban J connectivity index is 2.07. The van der Waals surface area contributed by atoms with Gasteiger partial charge in [-0.05, 0) is 36.9 Å². The van der Waals surface area contributed by atoms with Crippen molar-refractivity contribution in [1.82, 2.24) is 4.90 Å². The highest BCUT2D eigenvalue weighted by Gasteiger charge is 2.40. The number of hydrogen-bond acceptors (Lipinski definition) is 2. The Labute approximate surface area is 129 Å². The van der Waals surface area contributed by atoms with Crippen molar-refractivity contribution in [3.63, 3.8) is 0 Å². The molecule has 1 N–H and O–H groups in total. The number of β-amino-alcohol motifs (C(OH)–C–C–N with tert-alkyl or cyclic N) is 1. The van der Waals surface area contributed by atoms with Crippen molar-refractivity contribution in [2.45, 2.75) is 37.2 Å². The van der Waals surface area contributed by atoms with E-state index in [0.717, 1.165) is 12.1 Å². The molecule has 0 saturated carbocycles. The molecule has 2 unspecified atom stereocenters. The summed E-state index contributed by atoms with van der Waals surface area (Å²) in [7, 11) is 0. The van der Waals surface area contributed by atoms with Crippen LogP contribution in [0.5, 0.6) is 0 Å². The average molecular weight is 341 g/mol. The first-order valence-corrected chi connectivity index (χ1v) is 7.21. The van der Waals surface area contributed by atoms with E-state index >= 15 is 0 Å². The van der Waals surface area contributed by atoms with E-state index in [1.165, 1.54) is 11.0 Å². The number of halogens is 6. The van der Waals surface area contributed by atoms with Crippen LogP contribution in [0.1, 0.15) is 29.9 Å². The summed E-state index contributed by atoms with van der Waals surface area (Å²) in [5.41, 5.74) is -0.298. The summed E-state index contributed by atoms with van der Waals surface area (Å²) in [6.45, 7) is 0.0377. The molecule has 1 saturated heterocycles. The molecule has 2 atom stereocenters. The second-order valence-electron chi connectivity index (χ2n) is 5.78. The smallest absolute Gasteiger partial charge is 0.382 e. The first-order chi connectivity index (χ1) is 10.6. The monoisotopic (exact) mass is 341 g/mol. The number of aliphatic hydroxyl groups excluding tert-OH is 1. The van der Waals surface area contributed by atoms with E-state index in [9.17, 15) is 26.3 Å². The zero-order valence-electron chi connectivity index (χ0n) is 12.2. The lowest BCUT2D eigenvalue weighted by molar-refractivity contribution is -0.208. The minimum atomic E-state index is -4.69. The topological polar surface area (TPSA) is 23.5 Å². The van der Waals surface area contributed by atoms with Crippen LogP contribution < -0.4 is 0 Å². The molecule has 0 radical (unpaired) electrons. The minimum Gasteiger partial charge on any atom is -0.382 e. The maximum absolute atomic E-state index is 12.7. The fraction of sp³-hybridized carbons (Fsp3) is 0.600. The molecule has 0 amide bonds. The Morgan fingerprint density at radius 2 is 1.87 bits per heavy atom. The highest BCUT2D eigenvalue weighted by Crippen LogP contribution is 2.34. The fourth-order valence-corrected chi connectivity index (χ4v) is 2.81. The van der Waals surface area contributed by atoms with Gasteiger partial charge in [0.2, 0.25) is 0 Å². The molecule has 0 aromatic heterocycles. The van der Waals surface area contributed by atoms with Gasteiger partial charge in [0.1, 0.15) is 0 Å². The van der Waals surface area contributed by atoms with Gasteiger partial charge in [-0.15, -0.1) is 0 Å². The SMILES string of the molecule is OC(CN1CCCC(c2cccc(C(F)(F)F)c2)C1)C(F)(F)F. The molecule has 1 aromatic carbocycles. The maximum Gasteiger partial charge on any atom is 0.416 e. The predicted octanol–water partition coefficient (Wildman–Crippen LogP) is 3.81. The summed E-state index contributed by atoms with van der Waals surface area (Å²) in [6.07, 6.45) is -10.4. The Hall–Kier alpha value is -1.28. The lowest BCUT2D eigenvalue weighted by Crippen LogP contribution is -2.44. The summed E-state index contributed by atoms with van der Waals surface area (Å²) >= 11 is 0. The molecule has 0 bridgehead atoms. The summed E-state index contributed by atoms with van der Waals surface area (Å²) in [5, 5.41) is 9.13. The molecule has 1 aromatic rings. The van der Waals surface area contributed by atoms with Crippen LogP contribution in [0.15, 0.2) is 24.3 Å². The van der Waals surface area contributed by atoms with E-state index in [0.29, 0.717) is 24.9 Å². The van der Waals surface area contributed by atoms with Crippen LogP contribution >= 0.6 is 0 Å². The van der Waals surface area contributed by atoms with Gasteiger partial charge < -0.3 is 5.11 Å². The lowest BCUT2D eigenvalue weighted by atomic mass is 9.89. The van der Waals surface area contributed by atoms with Crippen LogP contribution in [0.3, 0.4) is 0 Å². The van der Waals surface area contributed by atoms with Crippen LogP contribution in [0, 0.1) is 0 Å². The molecule has 0 aliphatic carbocycles. The van der Waals surface area contributed by atoms with Crippen LogP contribution in [-0.2, 0) is 6.18 Å². The number of rotatable bonds is 3. The van der Waals surface area contributed by atoms with Crippen molar-refractivity contribution in [2.24, 2.45) is 0 Å². The molecule has 2 rings (SSSR count). The molecule has 1 fully saturated rings. The Kier molecular flexibility index (Phi) is 5.25. The highest BCUT2D eigenvalue weighted by atomic mass is 19.4. The molecular weight excluding hydrogens is 324 g/mol. The van der Waals surface area contributed by atoms with Crippen molar-refractivity contribution < 1.29 is 31.4 Å². The van der Waals surface area contributed by atoms with Crippen molar-refractivity contribution in [3.8, 4) is 0 Å². The minimum absolute atomic E-state index is 0.203. The standard InChI is InChI=1S/C15H17F6NO/c16-14(17,18)12-5-1-3-10(7-12)11-4-2-6-22(8-11)9-13(23)15(19,20)21/h1,3,5,7,11,13,23H,2,4,6,8-9H2. The molecule has 1 aliphatic rings. The van der Waals surface area contributed by atoms with Gasteiger partial charge in [-0.1, -0.05) is 18.2 Å². The van der Waals surface area contributed by atoms with Gasteiger partial charge >= 0.3 is 12.4 Å². The molecule has 2 nitrogen and oxygen atoms in total. The fourth-order valence-electron chi connectivity index (χ4n) is 2.81. The van der Waals surface area contributed by atoms with Crippen molar-refractivity contribution >= 4 is 0 Å².